The van der Waals surface area contributed by atoms with Gasteiger partial charge in [0.25, 0.3) is 5.89 Å². The van der Waals surface area contributed by atoms with E-state index in [0.29, 0.717) is 18.1 Å². The molecular weight excluding hydrogens is 160 g/mol. The fourth-order valence-electron chi connectivity index (χ4n) is 0.768. The van der Waals surface area contributed by atoms with Gasteiger partial charge in [0, 0.05) is 7.11 Å². The first kappa shape index (κ1) is 9.15. The molecule has 1 unspecified atom stereocenters. The molecule has 0 spiro atoms. The Morgan fingerprint density at radius 1 is 1.67 bits per heavy atom. The molecular formula is C7H12N2O3. The van der Waals surface area contributed by atoms with E-state index >= 15 is 0 Å². The maximum absolute atomic E-state index is 9.29. The molecule has 12 heavy (non-hydrogen) atoms. The van der Waals surface area contributed by atoms with Gasteiger partial charge < -0.3 is 14.4 Å². The van der Waals surface area contributed by atoms with Crippen molar-refractivity contribution in [3.8, 4) is 0 Å². The van der Waals surface area contributed by atoms with Gasteiger partial charge in [-0.05, 0) is 6.42 Å². The van der Waals surface area contributed by atoms with Crippen LogP contribution in [0.2, 0.25) is 0 Å². The van der Waals surface area contributed by atoms with Gasteiger partial charge in [0.05, 0.1) is 0 Å². The first-order chi connectivity index (χ1) is 5.77. The summed E-state index contributed by atoms with van der Waals surface area (Å²) >= 11 is 0. The molecule has 0 aromatic carbocycles. The maximum Gasteiger partial charge on any atom is 0.252 e. The van der Waals surface area contributed by atoms with E-state index in [1.165, 1.54) is 0 Å². The summed E-state index contributed by atoms with van der Waals surface area (Å²) in [4.78, 5) is 3.92. The van der Waals surface area contributed by atoms with Crippen LogP contribution in [0.3, 0.4) is 0 Å². The summed E-state index contributed by atoms with van der Waals surface area (Å²) in [7, 11) is 1.54. The van der Waals surface area contributed by atoms with Crippen molar-refractivity contribution >= 4 is 0 Å². The van der Waals surface area contributed by atoms with E-state index in [1.807, 2.05) is 6.92 Å². The number of aliphatic hydroxyl groups is 1. The van der Waals surface area contributed by atoms with Crippen LogP contribution in [0.4, 0.5) is 0 Å². The number of aromatic nitrogens is 2. The number of hydrogen-bond acceptors (Lipinski definition) is 5. The zero-order valence-electron chi connectivity index (χ0n) is 7.15. The van der Waals surface area contributed by atoms with Crippen LogP contribution >= 0.6 is 0 Å². The van der Waals surface area contributed by atoms with E-state index in [-0.39, 0.29) is 6.61 Å². The zero-order chi connectivity index (χ0) is 8.97. The third-order valence-corrected chi connectivity index (χ3v) is 1.44. The molecule has 0 bridgehead atoms. The summed E-state index contributed by atoms with van der Waals surface area (Å²) in [6.07, 6.45) is -0.0641. The topological polar surface area (TPSA) is 68.4 Å². The summed E-state index contributed by atoms with van der Waals surface area (Å²) < 4.78 is 9.56. The summed E-state index contributed by atoms with van der Waals surface area (Å²) in [5.74, 6) is 0.713. The van der Waals surface area contributed by atoms with Crippen LogP contribution in [0.5, 0.6) is 0 Å². The highest BCUT2D eigenvalue weighted by atomic mass is 16.5. The van der Waals surface area contributed by atoms with Crippen molar-refractivity contribution in [1.82, 2.24) is 10.1 Å². The molecule has 0 fully saturated rings. The molecule has 0 aliphatic rings. The second-order valence-corrected chi connectivity index (χ2v) is 2.40. The van der Waals surface area contributed by atoms with Crippen LogP contribution in [-0.2, 0) is 11.3 Å². The molecule has 1 atom stereocenters. The van der Waals surface area contributed by atoms with E-state index in [4.69, 9.17) is 9.26 Å². The summed E-state index contributed by atoms with van der Waals surface area (Å²) in [5, 5.41) is 12.9. The average molecular weight is 172 g/mol. The lowest BCUT2D eigenvalue weighted by Gasteiger charge is -1.97. The van der Waals surface area contributed by atoms with Gasteiger partial charge in [-0.2, -0.15) is 4.98 Å². The molecule has 0 saturated carbocycles. The molecule has 1 rings (SSSR count). The smallest absolute Gasteiger partial charge is 0.252 e. The van der Waals surface area contributed by atoms with Gasteiger partial charge in [-0.1, -0.05) is 12.1 Å². The van der Waals surface area contributed by atoms with Gasteiger partial charge in [-0.25, -0.2) is 0 Å². The molecule has 1 aromatic rings. The van der Waals surface area contributed by atoms with E-state index < -0.39 is 6.10 Å². The highest BCUT2D eigenvalue weighted by Gasteiger charge is 2.12. The Hall–Kier alpha value is -0.940. The minimum atomic E-state index is -0.639. The maximum atomic E-state index is 9.29. The quantitative estimate of drug-likeness (QED) is 0.722. The molecule has 0 radical (unpaired) electrons. The fourth-order valence-corrected chi connectivity index (χ4v) is 0.768. The van der Waals surface area contributed by atoms with Crippen molar-refractivity contribution in [2.45, 2.75) is 26.1 Å². The molecule has 68 valence electrons. The van der Waals surface area contributed by atoms with Crippen LogP contribution in [0.1, 0.15) is 31.2 Å². The van der Waals surface area contributed by atoms with E-state index in [2.05, 4.69) is 10.1 Å². The molecule has 1 aromatic heterocycles. The molecule has 0 aliphatic heterocycles. The van der Waals surface area contributed by atoms with Crippen molar-refractivity contribution in [1.29, 1.82) is 0 Å². The Morgan fingerprint density at radius 3 is 3.00 bits per heavy atom. The predicted molar refractivity (Wildman–Crippen MR) is 40.3 cm³/mol. The standard InChI is InChI=1S/C7H12N2O3/c1-3-5(10)7-8-6(4-11-2)12-9-7/h5,10H,3-4H2,1-2H3. The Morgan fingerprint density at radius 2 is 2.42 bits per heavy atom. The van der Waals surface area contributed by atoms with Crippen LogP contribution in [0, 0.1) is 0 Å². The van der Waals surface area contributed by atoms with Crippen LogP contribution in [0.25, 0.3) is 0 Å². The molecule has 5 nitrogen and oxygen atoms in total. The van der Waals surface area contributed by atoms with E-state index in [0.717, 1.165) is 0 Å². The lowest BCUT2D eigenvalue weighted by atomic mass is 10.3. The SMILES string of the molecule is CCC(O)c1noc(COC)n1. The Bertz CT molecular complexity index is 236. The second-order valence-electron chi connectivity index (χ2n) is 2.40. The van der Waals surface area contributed by atoms with Crippen molar-refractivity contribution in [3.63, 3.8) is 0 Å². The van der Waals surface area contributed by atoms with E-state index in [1.54, 1.807) is 7.11 Å². The zero-order valence-corrected chi connectivity index (χ0v) is 7.15. The monoisotopic (exact) mass is 172 g/mol. The third-order valence-electron chi connectivity index (χ3n) is 1.44. The van der Waals surface area contributed by atoms with Crippen LogP contribution in [0.15, 0.2) is 4.52 Å². The third kappa shape index (κ3) is 2.02. The van der Waals surface area contributed by atoms with Crippen molar-refractivity contribution in [2.75, 3.05) is 7.11 Å². The van der Waals surface area contributed by atoms with Crippen molar-refractivity contribution in [3.05, 3.63) is 11.7 Å². The molecule has 5 heteroatoms. The first-order valence-electron chi connectivity index (χ1n) is 3.77. The number of aliphatic hydroxyl groups excluding tert-OH is 1. The first-order valence-corrected chi connectivity index (χ1v) is 3.77. The van der Waals surface area contributed by atoms with Gasteiger partial charge >= 0.3 is 0 Å². The van der Waals surface area contributed by atoms with Gasteiger partial charge in [0.2, 0.25) is 0 Å². The van der Waals surface area contributed by atoms with Gasteiger partial charge in [0.1, 0.15) is 12.7 Å². The number of nitrogens with zero attached hydrogens (tertiary/aromatic N) is 2. The normalized spacial score (nSPS) is 13.2. The van der Waals surface area contributed by atoms with Gasteiger partial charge in [0.15, 0.2) is 5.82 Å². The summed E-state index contributed by atoms with van der Waals surface area (Å²) in [6, 6.07) is 0. The Kier molecular flexibility index (Phi) is 3.19. The minimum absolute atomic E-state index is 0.281. The lowest BCUT2D eigenvalue weighted by Crippen LogP contribution is -1.98. The van der Waals surface area contributed by atoms with Crippen molar-refractivity contribution in [2.24, 2.45) is 0 Å². The largest absolute Gasteiger partial charge is 0.385 e. The average Bonchev–Trinajstić information content (AvgIpc) is 2.52. The number of methoxy groups -OCH3 is 1. The summed E-state index contributed by atoms with van der Waals surface area (Å²) in [5.41, 5.74) is 0. The molecule has 1 heterocycles. The number of rotatable bonds is 4. The van der Waals surface area contributed by atoms with E-state index in [9.17, 15) is 5.11 Å². The highest BCUT2D eigenvalue weighted by Crippen LogP contribution is 2.11. The number of hydrogen-bond donors (Lipinski definition) is 1. The van der Waals surface area contributed by atoms with Crippen LogP contribution < -0.4 is 0 Å². The highest BCUT2D eigenvalue weighted by molar-refractivity contribution is 4.88. The van der Waals surface area contributed by atoms with Gasteiger partial charge in [-0.15, -0.1) is 0 Å². The minimum Gasteiger partial charge on any atom is -0.385 e. The summed E-state index contributed by atoms with van der Waals surface area (Å²) in [6.45, 7) is 2.13. The molecule has 0 amide bonds. The second kappa shape index (κ2) is 4.18. The lowest BCUT2D eigenvalue weighted by molar-refractivity contribution is 0.149. The van der Waals surface area contributed by atoms with Crippen LogP contribution in [-0.4, -0.2) is 22.4 Å². The Labute approximate surface area is 70.3 Å². The molecule has 1 N–H and O–H groups in total. The Balaban J connectivity index is 2.63. The molecule has 0 aliphatic carbocycles. The molecule has 0 saturated heterocycles. The van der Waals surface area contributed by atoms with Gasteiger partial charge in [-0.3, -0.25) is 0 Å². The van der Waals surface area contributed by atoms with Crippen molar-refractivity contribution < 1.29 is 14.4 Å². The predicted octanol–water partition coefficient (Wildman–Crippen LogP) is 0.659. The number of ether oxygens (including phenoxy) is 1. The fraction of sp³-hybridized carbons (Fsp3) is 0.714.